The van der Waals surface area contributed by atoms with Crippen LogP contribution in [-0.4, -0.2) is 27.3 Å². The maximum atomic E-state index is 5.36. The summed E-state index contributed by atoms with van der Waals surface area (Å²) >= 11 is 0. The molecule has 0 bridgehead atoms. The van der Waals surface area contributed by atoms with Crippen LogP contribution in [0.5, 0.6) is 11.5 Å². The third-order valence-electron chi connectivity index (χ3n) is 3.77. The van der Waals surface area contributed by atoms with E-state index in [1.165, 1.54) is 16.8 Å². The van der Waals surface area contributed by atoms with Crippen LogP contribution in [0.1, 0.15) is 11.1 Å². The Hall–Kier alpha value is -2.36. The van der Waals surface area contributed by atoms with Crippen LogP contribution in [-0.2, 0) is 0 Å². The minimum Gasteiger partial charge on any atom is -0.497 e. The van der Waals surface area contributed by atoms with Crippen molar-refractivity contribution in [3.05, 3.63) is 47.5 Å². The zero-order valence-electron chi connectivity index (χ0n) is 13.7. The molecular formula is C18H24N2O2. The van der Waals surface area contributed by atoms with E-state index in [-0.39, 0.29) is 0 Å². The molecular weight excluding hydrogens is 276 g/mol. The van der Waals surface area contributed by atoms with E-state index < -0.39 is 0 Å². The lowest BCUT2D eigenvalue weighted by atomic mass is 10.1. The predicted molar refractivity (Wildman–Crippen MR) is 92.4 cm³/mol. The van der Waals surface area contributed by atoms with Crippen LogP contribution < -0.4 is 20.1 Å². The Kier molecular flexibility index (Phi) is 5.53. The van der Waals surface area contributed by atoms with Gasteiger partial charge in [0, 0.05) is 24.8 Å². The van der Waals surface area contributed by atoms with Crippen molar-refractivity contribution in [1.29, 1.82) is 0 Å². The Morgan fingerprint density at radius 3 is 2.27 bits per heavy atom. The summed E-state index contributed by atoms with van der Waals surface area (Å²) in [6, 6.07) is 12.0. The molecule has 0 aliphatic heterocycles. The van der Waals surface area contributed by atoms with Gasteiger partial charge in [0.15, 0.2) is 0 Å². The van der Waals surface area contributed by atoms with Gasteiger partial charge in [0.2, 0.25) is 0 Å². The maximum Gasteiger partial charge on any atom is 0.142 e. The van der Waals surface area contributed by atoms with Gasteiger partial charge in [-0.2, -0.15) is 0 Å². The first-order chi connectivity index (χ1) is 10.7. The molecule has 0 saturated carbocycles. The van der Waals surface area contributed by atoms with Crippen LogP contribution in [0.15, 0.2) is 36.4 Å². The molecule has 0 radical (unpaired) electrons. The number of rotatable bonds is 7. The standard InChI is InChI=1S/C18H24N2O2/c1-13-6-5-7-16(14(13)2)19-10-11-20-17-12-15(21-3)8-9-18(17)22-4/h5-9,12,19-20H,10-11H2,1-4H3. The molecule has 0 aliphatic carbocycles. The molecule has 2 aromatic rings. The van der Waals surface area contributed by atoms with Gasteiger partial charge in [-0.25, -0.2) is 0 Å². The van der Waals surface area contributed by atoms with Gasteiger partial charge in [-0.1, -0.05) is 12.1 Å². The molecule has 4 nitrogen and oxygen atoms in total. The molecule has 0 fully saturated rings. The van der Waals surface area contributed by atoms with E-state index in [1.807, 2.05) is 18.2 Å². The molecule has 22 heavy (non-hydrogen) atoms. The molecule has 0 heterocycles. The number of methoxy groups -OCH3 is 2. The lowest BCUT2D eigenvalue weighted by molar-refractivity contribution is 0.404. The largest absolute Gasteiger partial charge is 0.497 e. The average molecular weight is 300 g/mol. The van der Waals surface area contributed by atoms with Crippen LogP contribution in [0.25, 0.3) is 0 Å². The SMILES string of the molecule is COc1ccc(OC)c(NCCNc2cccc(C)c2C)c1. The molecule has 0 amide bonds. The van der Waals surface area contributed by atoms with Crippen LogP contribution >= 0.6 is 0 Å². The van der Waals surface area contributed by atoms with Gasteiger partial charge in [-0.3, -0.25) is 0 Å². The number of hydrogen-bond acceptors (Lipinski definition) is 4. The van der Waals surface area contributed by atoms with Gasteiger partial charge in [0.1, 0.15) is 11.5 Å². The van der Waals surface area contributed by atoms with Crippen molar-refractivity contribution in [2.75, 3.05) is 37.9 Å². The van der Waals surface area contributed by atoms with Gasteiger partial charge in [0.05, 0.1) is 19.9 Å². The fourth-order valence-corrected chi connectivity index (χ4v) is 2.29. The topological polar surface area (TPSA) is 42.5 Å². The van der Waals surface area contributed by atoms with E-state index in [0.717, 1.165) is 30.3 Å². The van der Waals surface area contributed by atoms with Crippen molar-refractivity contribution in [3.8, 4) is 11.5 Å². The van der Waals surface area contributed by atoms with E-state index in [0.29, 0.717) is 0 Å². The molecule has 2 rings (SSSR count). The molecule has 2 N–H and O–H groups in total. The normalized spacial score (nSPS) is 10.2. The first-order valence-electron chi connectivity index (χ1n) is 7.41. The number of hydrogen-bond donors (Lipinski definition) is 2. The average Bonchev–Trinajstić information content (AvgIpc) is 2.55. The Labute approximate surface area is 132 Å². The van der Waals surface area contributed by atoms with Crippen molar-refractivity contribution in [2.24, 2.45) is 0 Å². The summed E-state index contributed by atoms with van der Waals surface area (Å²) < 4.78 is 10.6. The first-order valence-corrected chi connectivity index (χ1v) is 7.41. The van der Waals surface area contributed by atoms with E-state index >= 15 is 0 Å². The summed E-state index contributed by atoms with van der Waals surface area (Å²) in [4.78, 5) is 0. The van der Waals surface area contributed by atoms with Gasteiger partial charge in [-0.05, 0) is 43.2 Å². The van der Waals surface area contributed by atoms with E-state index in [1.54, 1.807) is 14.2 Å². The second-order valence-corrected chi connectivity index (χ2v) is 5.17. The fourth-order valence-electron chi connectivity index (χ4n) is 2.29. The number of benzene rings is 2. The van der Waals surface area contributed by atoms with E-state index in [9.17, 15) is 0 Å². The smallest absolute Gasteiger partial charge is 0.142 e. The zero-order valence-corrected chi connectivity index (χ0v) is 13.7. The van der Waals surface area contributed by atoms with E-state index in [2.05, 4.69) is 42.7 Å². The minimum atomic E-state index is 0.789. The molecule has 0 atom stereocenters. The van der Waals surface area contributed by atoms with Crippen LogP contribution in [0.3, 0.4) is 0 Å². The molecule has 2 aromatic carbocycles. The molecule has 4 heteroatoms. The van der Waals surface area contributed by atoms with Crippen molar-refractivity contribution < 1.29 is 9.47 Å². The molecule has 0 saturated heterocycles. The number of aryl methyl sites for hydroxylation is 1. The summed E-state index contributed by atoms with van der Waals surface area (Å²) in [7, 11) is 3.33. The number of nitrogens with one attached hydrogen (secondary N) is 2. The Bertz CT molecular complexity index is 626. The Morgan fingerprint density at radius 2 is 1.59 bits per heavy atom. The summed E-state index contributed by atoms with van der Waals surface area (Å²) in [6.45, 7) is 5.87. The van der Waals surface area contributed by atoms with Gasteiger partial charge < -0.3 is 20.1 Å². The van der Waals surface area contributed by atoms with Crippen LogP contribution in [0, 0.1) is 13.8 Å². The minimum absolute atomic E-state index is 0.789. The quantitative estimate of drug-likeness (QED) is 0.762. The van der Waals surface area contributed by atoms with Gasteiger partial charge in [-0.15, -0.1) is 0 Å². The van der Waals surface area contributed by atoms with Crippen molar-refractivity contribution in [2.45, 2.75) is 13.8 Å². The van der Waals surface area contributed by atoms with Crippen molar-refractivity contribution in [3.63, 3.8) is 0 Å². The lowest BCUT2D eigenvalue weighted by Gasteiger charge is -2.14. The third-order valence-corrected chi connectivity index (χ3v) is 3.77. The summed E-state index contributed by atoms with van der Waals surface area (Å²) in [6.07, 6.45) is 0. The van der Waals surface area contributed by atoms with Crippen LogP contribution in [0.4, 0.5) is 11.4 Å². The Balaban J connectivity index is 1.92. The maximum absolute atomic E-state index is 5.36. The van der Waals surface area contributed by atoms with Crippen molar-refractivity contribution in [1.82, 2.24) is 0 Å². The molecule has 0 aliphatic rings. The van der Waals surface area contributed by atoms with E-state index in [4.69, 9.17) is 9.47 Å². The lowest BCUT2D eigenvalue weighted by Crippen LogP contribution is -2.14. The van der Waals surface area contributed by atoms with Crippen molar-refractivity contribution >= 4 is 11.4 Å². The highest BCUT2D eigenvalue weighted by molar-refractivity contribution is 5.60. The zero-order chi connectivity index (χ0) is 15.9. The third kappa shape index (κ3) is 3.85. The second kappa shape index (κ2) is 7.59. The monoisotopic (exact) mass is 300 g/mol. The van der Waals surface area contributed by atoms with Gasteiger partial charge in [0.25, 0.3) is 0 Å². The number of anilines is 2. The Morgan fingerprint density at radius 1 is 0.864 bits per heavy atom. The highest BCUT2D eigenvalue weighted by atomic mass is 16.5. The summed E-state index contributed by atoms with van der Waals surface area (Å²) in [5.41, 5.74) is 4.71. The predicted octanol–water partition coefficient (Wildman–Crippen LogP) is 3.84. The second-order valence-electron chi connectivity index (χ2n) is 5.17. The highest BCUT2D eigenvalue weighted by Gasteiger charge is 2.04. The summed E-state index contributed by atoms with van der Waals surface area (Å²) in [5.74, 6) is 1.62. The molecule has 0 spiro atoms. The number of ether oxygens (including phenoxy) is 2. The van der Waals surface area contributed by atoms with Crippen LogP contribution in [0.2, 0.25) is 0 Å². The first kappa shape index (κ1) is 16.0. The van der Waals surface area contributed by atoms with Gasteiger partial charge >= 0.3 is 0 Å². The molecule has 0 unspecified atom stereocenters. The highest BCUT2D eigenvalue weighted by Crippen LogP contribution is 2.28. The fraction of sp³-hybridized carbons (Fsp3) is 0.333. The molecule has 0 aromatic heterocycles. The summed E-state index contributed by atoms with van der Waals surface area (Å²) in [5, 5.41) is 6.83. The molecule has 118 valence electrons.